The summed E-state index contributed by atoms with van der Waals surface area (Å²) in [6.45, 7) is 3.95. The van der Waals surface area contributed by atoms with Crippen molar-refractivity contribution >= 4 is 16.6 Å². The molecule has 1 atom stereocenters. The summed E-state index contributed by atoms with van der Waals surface area (Å²) in [6, 6.07) is 5.82. The average Bonchev–Trinajstić information content (AvgIpc) is 2.19. The van der Waals surface area contributed by atoms with Crippen molar-refractivity contribution in [1.82, 2.24) is 0 Å². The summed E-state index contributed by atoms with van der Waals surface area (Å²) in [6.07, 6.45) is 0.226. The van der Waals surface area contributed by atoms with E-state index in [1.165, 1.54) is 12.1 Å². The van der Waals surface area contributed by atoms with Gasteiger partial charge in [0.1, 0.15) is 11.6 Å². The Labute approximate surface area is 104 Å². The van der Waals surface area contributed by atoms with Crippen molar-refractivity contribution < 1.29 is 13.4 Å². The van der Waals surface area contributed by atoms with E-state index in [0.29, 0.717) is 11.7 Å². The van der Waals surface area contributed by atoms with Gasteiger partial charge in [-0.05, 0) is 23.6 Å². The lowest BCUT2D eigenvalue weighted by molar-refractivity contribution is -0.116. The summed E-state index contributed by atoms with van der Waals surface area (Å²) in [4.78, 5) is 11.6. The highest BCUT2D eigenvalue weighted by molar-refractivity contribution is 7.85. The average molecular weight is 256 g/mol. The Hall–Kier alpha value is -1.03. The van der Waals surface area contributed by atoms with E-state index in [0.717, 1.165) is 5.56 Å². The van der Waals surface area contributed by atoms with Crippen LogP contribution in [0, 0.1) is 11.7 Å². The van der Waals surface area contributed by atoms with E-state index < -0.39 is 10.8 Å². The fraction of sp³-hybridized carbons (Fsp3) is 0.462. The molecule has 94 valence electrons. The van der Waals surface area contributed by atoms with Crippen LogP contribution >= 0.6 is 0 Å². The minimum Gasteiger partial charge on any atom is -0.298 e. The molecule has 1 aromatic rings. The van der Waals surface area contributed by atoms with Crippen LogP contribution in [0.5, 0.6) is 0 Å². The molecule has 2 nitrogen and oxygen atoms in total. The predicted octanol–water partition coefficient (Wildman–Crippen LogP) is 2.34. The van der Waals surface area contributed by atoms with E-state index in [1.54, 1.807) is 12.1 Å². The molecule has 0 aliphatic rings. The zero-order chi connectivity index (χ0) is 12.8. The second kappa shape index (κ2) is 6.64. The molecule has 4 heteroatoms. The first-order valence-corrected chi connectivity index (χ1v) is 7.07. The van der Waals surface area contributed by atoms with Crippen LogP contribution < -0.4 is 0 Å². The number of rotatable bonds is 6. The second-order valence-electron chi connectivity index (χ2n) is 4.49. The van der Waals surface area contributed by atoms with Gasteiger partial charge >= 0.3 is 0 Å². The minimum absolute atomic E-state index is 0.0596. The van der Waals surface area contributed by atoms with Gasteiger partial charge in [-0.3, -0.25) is 9.00 Å². The highest BCUT2D eigenvalue weighted by Gasteiger charge is 2.10. The molecule has 1 rings (SSSR count). The summed E-state index contributed by atoms with van der Waals surface area (Å²) in [5.74, 6) is 0.597. The molecule has 0 bridgehead atoms. The van der Waals surface area contributed by atoms with Crippen LogP contribution in [-0.2, 0) is 22.0 Å². The molecule has 0 saturated carbocycles. The topological polar surface area (TPSA) is 34.1 Å². The van der Waals surface area contributed by atoms with Crippen molar-refractivity contribution in [2.75, 3.05) is 11.5 Å². The maximum atomic E-state index is 12.6. The van der Waals surface area contributed by atoms with Gasteiger partial charge in [-0.1, -0.05) is 26.0 Å². The smallest absolute Gasteiger partial charge is 0.149 e. The van der Waals surface area contributed by atoms with Gasteiger partial charge in [0.05, 0.1) is 5.75 Å². The quantitative estimate of drug-likeness (QED) is 0.783. The molecule has 0 heterocycles. The van der Waals surface area contributed by atoms with E-state index in [9.17, 15) is 13.4 Å². The van der Waals surface area contributed by atoms with Gasteiger partial charge < -0.3 is 0 Å². The van der Waals surface area contributed by atoms with Crippen LogP contribution in [0.3, 0.4) is 0 Å². The largest absolute Gasteiger partial charge is 0.298 e. The molecule has 1 aromatic carbocycles. The molecule has 0 amide bonds. The van der Waals surface area contributed by atoms with E-state index in [2.05, 4.69) is 0 Å². The lowest BCUT2D eigenvalue weighted by Crippen LogP contribution is -2.17. The Kier molecular flexibility index (Phi) is 5.48. The van der Waals surface area contributed by atoms with Crippen LogP contribution in [0.15, 0.2) is 24.3 Å². The molecule has 0 N–H and O–H groups in total. The molecule has 17 heavy (non-hydrogen) atoms. The molecule has 0 saturated heterocycles. The normalized spacial score (nSPS) is 12.7. The van der Waals surface area contributed by atoms with E-state index in [1.807, 2.05) is 13.8 Å². The monoisotopic (exact) mass is 256 g/mol. The number of carbonyl (C=O) groups excluding carboxylic acids is 1. The molecular formula is C13H17FO2S. The van der Waals surface area contributed by atoms with Gasteiger partial charge in [-0.2, -0.15) is 0 Å². The van der Waals surface area contributed by atoms with Gasteiger partial charge in [0.15, 0.2) is 0 Å². The highest BCUT2D eigenvalue weighted by Crippen LogP contribution is 2.05. The third-order valence-corrected chi connectivity index (χ3v) is 3.84. The van der Waals surface area contributed by atoms with Gasteiger partial charge in [0.2, 0.25) is 0 Å². The molecule has 0 fully saturated rings. The van der Waals surface area contributed by atoms with Crippen molar-refractivity contribution in [3.05, 3.63) is 35.6 Å². The van der Waals surface area contributed by atoms with Gasteiger partial charge in [0, 0.05) is 23.0 Å². The summed E-state index contributed by atoms with van der Waals surface area (Å²) in [5, 5.41) is 0. The number of benzene rings is 1. The zero-order valence-corrected chi connectivity index (χ0v) is 10.9. The van der Waals surface area contributed by atoms with Crippen molar-refractivity contribution in [3.63, 3.8) is 0 Å². The Morgan fingerprint density at radius 2 is 1.88 bits per heavy atom. The molecular weight excluding hydrogens is 239 g/mol. The van der Waals surface area contributed by atoms with E-state index in [4.69, 9.17) is 0 Å². The van der Waals surface area contributed by atoms with Gasteiger partial charge in [0.25, 0.3) is 0 Å². The van der Waals surface area contributed by atoms with Crippen LogP contribution in [0.4, 0.5) is 4.39 Å². The fourth-order valence-corrected chi connectivity index (χ4v) is 2.81. The SMILES string of the molecule is CC(C)CS(=O)CC(=O)Cc1ccc(F)cc1. The number of ketones is 1. The lowest BCUT2D eigenvalue weighted by atomic mass is 10.1. The van der Waals surface area contributed by atoms with Crippen molar-refractivity contribution in [3.8, 4) is 0 Å². The minimum atomic E-state index is -1.08. The van der Waals surface area contributed by atoms with Crippen LogP contribution in [0.1, 0.15) is 19.4 Å². The molecule has 0 aromatic heterocycles. The zero-order valence-electron chi connectivity index (χ0n) is 10.1. The van der Waals surface area contributed by atoms with Crippen LogP contribution in [0.2, 0.25) is 0 Å². The van der Waals surface area contributed by atoms with Crippen molar-refractivity contribution in [2.45, 2.75) is 20.3 Å². The van der Waals surface area contributed by atoms with Gasteiger partial charge in [-0.15, -0.1) is 0 Å². The van der Waals surface area contributed by atoms with Crippen LogP contribution in [0.25, 0.3) is 0 Å². The lowest BCUT2D eigenvalue weighted by Gasteiger charge is -2.04. The van der Waals surface area contributed by atoms with Gasteiger partial charge in [-0.25, -0.2) is 4.39 Å². The third-order valence-electron chi connectivity index (χ3n) is 2.16. The summed E-state index contributed by atoms with van der Waals surface area (Å²) in [5.41, 5.74) is 0.762. The van der Waals surface area contributed by atoms with Crippen molar-refractivity contribution in [1.29, 1.82) is 0 Å². The standard InChI is InChI=1S/C13H17FO2S/c1-10(2)8-17(16)9-13(15)7-11-3-5-12(14)6-4-11/h3-6,10H,7-9H2,1-2H3. The highest BCUT2D eigenvalue weighted by atomic mass is 32.2. The fourth-order valence-electron chi connectivity index (χ4n) is 1.49. The summed E-state index contributed by atoms with van der Waals surface area (Å²) < 4.78 is 24.2. The maximum absolute atomic E-state index is 12.6. The Bertz CT molecular complexity index is 398. The first-order valence-electron chi connectivity index (χ1n) is 5.58. The van der Waals surface area contributed by atoms with Crippen LogP contribution in [-0.4, -0.2) is 21.5 Å². The number of Topliss-reactive ketones (excluding diaryl/α,β-unsaturated/α-hetero) is 1. The number of carbonyl (C=O) groups is 1. The summed E-state index contributed by atoms with van der Waals surface area (Å²) in [7, 11) is -1.08. The first kappa shape index (κ1) is 14.0. The number of hydrogen-bond donors (Lipinski definition) is 0. The second-order valence-corrected chi connectivity index (χ2v) is 5.99. The maximum Gasteiger partial charge on any atom is 0.149 e. The number of halogens is 1. The molecule has 0 aliphatic carbocycles. The van der Waals surface area contributed by atoms with Crippen molar-refractivity contribution in [2.24, 2.45) is 5.92 Å². The molecule has 0 aliphatic heterocycles. The summed E-state index contributed by atoms with van der Waals surface area (Å²) >= 11 is 0. The molecule has 0 spiro atoms. The Morgan fingerprint density at radius 1 is 1.29 bits per heavy atom. The molecule has 0 radical (unpaired) electrons. The van der Waals surface area contributed by atoms with E-state index >= 15 is 0 Å². The Balaban J connectivity index is 2.44. The molecule has 1 unspecified atom stereocenters. The number of hydrogen-bond acceptors (Lipinski definition) is 2. The third kappa shape index (κ3) is 5.73. The Morgan fingerprint density at radius 3 is 2.41 bits per heavy atom. The van der Waals surface area contributed by atoms with E-state index in [-0.39, 0.29) is 23.8 Å². The predicted molar refractivity (Wildman–Crippen MR) is 67.8 cm³/mol. The first-order chi connectivity index (χ1) is 7.97.